The lowest BCUT2D eigenvalue weighted by molar-refractivity contribution is -0.0886. The van der Waals surface area contributed by atoms with E-state index in [2.05, 4.69) is 4.99 Å². The molecule has 2 aliphatic heterocycles. The van der Waals surface area contributed by atoms with Gasteiger partial charge in [-0.25, -0.2) is 0 Å². The van der Waals surface area contributed by atoms with Crippen LogP contribution in [0, 0.1) is 11.3 Å². The van der Waals surface area contributed by atoms with Crippen molar-refractivity contribution in [3.8, 4) is 6.07 Å². The Kier molecular flexibility index (Phi) is 3.05. The summed E-state index contributed by atoms with van der Waals surface area (Å²) in [7, 11) is 0. The van der Waals surface area contributed by atoms with Crippen LogP contribution >= 0.6 is 0 Å². The summed E-state index contributed by atoms with van der Waals surface area (Å²) >= 11 is 0. The minimum absolute atomic E-state index is 0.117. The molecule has 2 heterocycles. The Morgan fingerprint density at radius 2 is 1.90 bits per heavy atom. The van der Waals surface area contributed by atoms with Gasteiger partial charge >= 0.3 is 6.18 Å². The van der Waals surface area contributed by atoms with Gasteiger partial charge in [-0.3, -0.25) is 4.99 Å². The number of nitriles is 1. The minimum atomic E-state index is -4.58. The van der Waals surface area contributed by atoms with E-state index in [1.165, 1.54) is 0 Å². The summed E-state index contributed by atoms with van der Waals surface area (Å²) in [4.78, 5) is 5.74. The van der Waals surface area contributed by atoms with Crippen LogP contribution in [0.5, 0.6) is 0 Å². The molecule has 106 valence electrons. The van der Waals surface area contributed by atoms with Gasteiger partial charge in [0.15, 0.2) is 0 Å². The fourth-order valence-corrected chi connectivity index (χ4v) is 2.48. The third-order valence-corrected chi connectivity index (χ3v) is 3.39. The molecule has 1 aromatic carbocycles. The Bertz CT molecular complexity index is 706. The van der Waals surface area contributed by atoms with E-state index in [0.29, 0.717) is 24.4 Å². The van der Waals surface area contributed by atoms with Crippen LogP contribution in [0.1, 0.15) is 5.56 Å². The molecule has 3 rings (SSSR count). The topological polar surface area (TPSA) is 39.4 Å². The van der Waals surface area contributed by atoms with Crippen LogP contribution in [0.25, 0.3) is 5.70 Å². The van der Waals surface area contributed by atoms with E-state index in [0.717, 1.165) is 6.08 Å². The zero-order chi connectivity index (χ0) is 15.0. The molecule has 21 heavy (non-hydrogen) atoms. The van der Waals surface area contributed by atoms with Crippen molar-refractivity contribution in [1.29, 1.82) is 5.26 Å². The van der Waals surface area contributed by atoms with Crippen LogP contribution in [-0.4, -0.2) is 30.0 Å². The molecule has 2 aliphatic rings. The first-order chi connectivity index (χ1) is 10.0. The van der Waals surface area contributed by atoms with Crippen LogP contribution in [0.2, 0.25) is 0 Å². The Morgan fingerprint density at radius 1 is 1.19 bits per heavy atom. The van der Waals surface area contributed by atoms with Crippen LogP contribution in [0.15, 0.2) is 52.5 Å². The van der Waals surface area contributed by atoms with Crippen LogP contribution in [-0.2, 0) is 0 Å². The third-order valence-electron chi connectivity index (χ3n) is 3.39. The van der Waals surface area contributed by atoms with Gasteiger partial charge in [0.25, 0.3) is 0 Å². The zero-order valence-corrected chi connectivity index (χ0v) is 10.9. The van der Waals surface area contributed by atoms with E-state index < -0.39 is 17.3 Å². The molecule has 0 N–H and O–H groups in total. The first-order valence-corrected chi connectivity index (χ1v) is 6.33. The molecule has 0 aliphatic carbocycles. The van der Waals surface area contributed by atoms with Crippen molar-refractivity contribution in [2.24, 2.45) is 4.99 Å². The fraction of sp³-hybridized carbons (Fsp3) is 0.200. The second-order valence-corrected chi connectivity index (χ2v) is 4.65. The van der Waals surface area contributed by atoms with E-state index in [4.69, 9.17) is 5.26 Å². The number of hydrogen-bond donors (Lipinski definition) is 0. The van der Waals surface area contributed by atoms with Crippen molar-refractivity contribution in [3.63, 3.8) is 0 Å². The van der Waals surface area contributed by atoms with Gasteiger partial charge in [0.1, 0.15) is 17.5 Å². The van der Waals surface area contributed by atoms with Crippen molar-refractivity contribution < 1.29 is 13.2 Å². The van der Waals surface area contributed by atoms with Crippen LogP contribution in [0.3, 0.4) is 0 Å². The van der Waals surface area contributed by atoms with Gasteiger partial charge in [-0.15, -0.1) is 0 Å². The molecule has 1 aromatic rings. The molecule has 0 saturated carbocycles. The second kappa shape index (κ2) is 4.77. The summed E-state index contributed by atoms with van der Waals surface area (Å²) < 4.78 is 39.6. The highest BCUT2D eigenvalue weighted by molar-refractivity contribution is 6.10. The van der Waals surface area contributed by atoms with Crippen molar-refractivity contribution in [3.05, 3.63) is 53.1 Å². The molecule has 3 nitrogen and oxygen atoms in total. The van der Waals surface area contributed by atoms with Gasteiger partial charge in [0.05, 0.1) is 17.8 Å². The van der Waals surface area contributed by atoms with Crippen molar-refractivity contribution in [2.75, 3.05) is 13.1 Å². The molecule has 0 amide bonds. The molecule has 0 unspecified atom stereocenters. The summed E-state index contributed by atoms with van der Waals surface area (Å²) in [6.45, 7) is 0.863. The standard InChI is InChI=1S/C15H10F3N3/c16-15(17,18)12-8-13(10-4-2-1-3-5-10)21-7-6-20-14(21)11(12)9-19/h1-5,8H,6-7H2. The highest BCUT2D eigenvalue weighted by atomic mass is 19.4. The zero-order valence-electron chi connectivity index (χ0n) is 10.9. The predicted octanol–water partition coefficient (Wildman–Crippen LogP) is 3.14. The number of alkyl halides is 3. The normalized spacial score (nSPS) is 18.1. The van der Waals surface area contributed by atoms with Gasteiger partial charge in [-0.2, -0.15) is 18.4 Å². The molecule has 0 atom stereocenters. The van der Waals surface area contributed by atoms with E-state index >= 15 is 0 Å². The third kappa shape index (κ3) is 2.21. The SMILES string of the molecule is N#CC1=C(C(F)(F)F)C=C(c2ccccc2)N2CCN=C12. The van der Waals surface area contributed by atoms with Crippen molar-refractivity contribution >= 4 is 11.5 Å². The van der Waals surface area contributed by atoms with Gasteiger partial charge in [0, 0.05) is 6.54 Å². The van der Waals surface area contributed by atoms with Gasteiger partial charge < -0.3 is 4.90 Å². The summed E-state index contributed by atoms with van der Waals surface area (Å²) in [5, 5.41) is 9.08. The molecule has 0 radical (unpaired) electrons. The second-order valence-electron chi connectivity index (χ2n) is 4.65. The average Bonchev–Trinajstić information content (AvgIpc) is 2.94. The van der Waals surface area contributed by atoms with Crippen LogP contribution < -0.4 is 0 Å². The van der Waals surface area contributed by atoms with Crippen LogP contribution in [0.4, 0.5) is 13.2 Å². The molecular formula is C15H10F3N3. The predicted molar refractivity (Wildman–Crippen MR) is 72.1 cm³/mol. The molecule has 0 spiro atoms. The highest BCUT2D eigenvalue weighted by Gasteiger charge is 2.42. The lowest BCUT2D eigenvalue weighted by atomic mass is 9.98. The van der Waals surface area contributed by atoms with E-state index in [1.807, 2.05) is 0 Å². The molecule has 0 fully saturated rings. The van der Waals surface area contributed by atoms with E-state index in [-0.39, 0.29) is 5.84 Å². The van der Waals surface area contributed by atoms with E-state index in [1.54, 1.807) is 41.3 Å². The number of benzene rings is 1. The number of amidine groups is 1. The minimum Gasteiger partial charge on any atom is -0.323 e. The maximum absolute atomic E-state index is 13.2. The lowest BCUT2D eigenvalue weighted by Crippen LogP contribution is -2.33. The Morgan fingerprint density at radius 3 is 2.52 bits per heavy atom. The molecular weight excluding hydrogens is 279 g/mol. The summed E-state index contributed by atoms with van der Waals surface area (Å²) in [6.07, 6.45) is -3.54. The maximum atomic E-state index is 13.2. The Balaban J connectivity index is 2.22. The van der Waals surface area contributed by atoms with Gasteiger partial charge in [-0.1, -0.05) is 30.3 Å². The fourth-order valence-electron chi connectivity index (χ4n) is 2.48. The number of aliphatic imine (C=N–C) groups is 1. The molecule has 0 aromatic heterocycles. The number of hydrogen-bond acceptors (Lipinski definition) is 3. The highest BCUT2D eigenvalue weighted by Crippen LogP contribution is 2.38. The monoisotopic (exact) mass is 289 g/mol. The number of fused-ring (bicyclic) bond motifs is 1. The van der Waals surface area contributed by atoms with Gasteiger partial charge in [0.2, 0.25) is 0 Å². The Labute approximate surface area is 119 Å². The van der Waals surface area contributed by atoms with Crippen molar-refractivity contribution in [1.82, 2.24) is 4.90 Å². The lowest BCUT2D eigenvalue weighted by Gasteiger charge is -2.29. The summed E-state index contributed by atoms with van der Waals surface area (Å²) in [5.41, 5.74) is -0.232. The first kappa shape index (κ1) is 13.4. The quantitative estimate of drug-likeness (QED) is 0.796. The number of allylic oxidation sites excluding steroid dienone is 2. The van der Waals surface area contributed by atoms with E-state index in [9.17, 15) is 13.2 Å². The average molecular weight is 289 g/mol. The molecule has 0 bridgehead atoms. The maximum Gasteiger partial charge on any atom is 0.417 e. The number of nitrogens with zero attached hydrogens (tertiary/aromatic N) is 3. The summed E-state index contributed by atoms with van der Waals surface area (Å²) in [6, 6.07) is 10.5. The van der Waals surface area contributed by atoms with Gasteiger partial charge in [-0.05, 0) is 11.6 Å². The molecule has 0 saturated heterocycles. The summed E-state index contributed by atoms with van der Waals surface area (Å²) in [5.74, 6) is 0.117. The Hall–Kier alpha value is -2.55. The largest absolute Gasteiger partial charge is 0.417 e. The smallest absolute Gasteiger partial charge is 0.323 e. The number of halogens is 3. The first-order valence-electron chi connectivity index (χ1n) is 6.33. The molecule has 6 heteroatoms. The van der Waals surface area contributed by atoms with Crippen molar-refractivity contribution in [2.45, 2.75) is 6.18 Å². The number of rotatable bonds is 1.